The van der Waals surface area contributed by atoms with Crippen LogP contribution in [0.4, 0.5) is 0 Å². The van der Waals surface area contributed by atoms with Crippen LogP contribution in [0.15, 0.2) is 0 Å². The molecule has 1 atom stereocenters. The van der Waals surface area contributed by atoms with Crippen LogP contribution in [0.3, 0.4) is 0 Å². The molecule has 0 aromatic heterocycles. The summed E-state index contributed by atoms with van der Waals surface area (Å²) in [5.74, 6) is 0.216. The number of ether oxygens (including phenoxy) is 1. The highest BCUT2D eigenvalue weighted by atomic mass is 16.5. The van der Waals surface area contributed by atoms with Crippen LogP contribution in [-0.4, -0.2) is 60.9 Å². The summed E-state index contributed by atoms with van der Waals surface area (Å²) in [5, 5.41) is 12.7. The van der Waals surface area contributed by atoms with E-state index in [9.17, 15) is 9.90 Å². The Kier molecular flexibility index (Phi) is 7.23. The van der Waals surface area contributed by atoms with Gasteiger partial charge in [-0.2, -0.15) is 0 Å². The van der Waals surface area contributed by atoms with Gasteiger partial charge in [0.1, 0.15) is 0 Å². The van der Waals surface area contributed by atoms with E-state index in [0.717, 1.165) is 25.9 Å². The average Bonchev–Trinajstić information content (AvgIpc) is 2.85. The number of amides is 1. The van der Waals surface area contributed by atoms with Gasteiger partial charge in [-0.25, -0.2) is 0 Å². The van der Waals surface area contributed by atoms with Gasteiger partial charge in [0, 0.05) is 32.6 Å². The van der Waals surface area contributed by atoms with Crippen molar-refractivity contribution in [1.29, 1.82) is 0 Å². The zero-order valence-corrected chi connectivity index (χ0v) is 11.5. The zero-order valence-electron chi connectivity index (χ0n) is 11.5. The summed E-state index contributed by atoms with van der Waals surface area (Å²) < 4.78 is 5.30. The van der Waals surface area contributed by atoms with Gasteiger partial charge in [-0.15, -0.1) is 0 Å². The number of hydrogen-bond acceptors (Lipinski definition) is 4. The van der Waals surface area contributed by atoms with Crippen molar-refractivity contribution in [3.8, 4) is 0 Å². The molecular formula is C13H26N2O3. The predicted octanol–water partition coefficient (Wildman–Crippen LogP) is 0.374. The number of carbonyl (C=O) groups excluding carboxylic acids is 1. The minimum absolute atomic E-state index is 0.136. The highest BCUT2D eigenvalue weighted by Crippen LogP contribution is 2.08. The summed E-state index contributed by atoms with van der Waals surface area (Å²) in [6.45, 7) is 7.12. The van der Waals surface area contributed by atoms with Crippen LogP contribution in [0.1, 0.15) is 33.1 Å². The first-order valence-electron chi connectivity index (χ1n) is 6.87. The molecule has 1 amide bonds. The van der Waals surface area contributed by atoms with Crippen molar-refractivity contribution in [3.05, 3.63) is 0 Å². The third-order valence-corrected chi connectivity index (χ3v) is 2.98. The van der Waals surface area contributed by atoms with Crippen LogP contribution in [0.25, 0.3) is 0 Å². The molecule has 18 heavy (non-hydrogen) atoms. The minimum atomic E-state index is -0.505. The molecular weight excluding hydrogens is 232 g/mol. The van der Waals surface area contributed by atoms with Gasteiger partial charge in [-0.3, -0.25) is 4.79 Å². The second-order valence-corrected chi connectivity index (χ2v) is 5.08. The lowest BCUT2D eigenvalue weighted by molar-refractivity contribution is -0.130. The van der Waals surface area contributed by atoms with Crippen LogP contribution < -0.4 is 5.32 Å². The van der Waals surface area contributed by atoms with E-state index < -0.39 is 6.10 Å². The summed E-state index contributed by atoms with van der Waals surface area (Å²) in [5.41, 5.74) is 0. The van der Waals surface area contributed by atoms with Crippen molar-refractivity contribution in [2.24, 2.45) is 0 Å². The van der Waals surface area contributed by atoms with E-state index in [1.165, 1.54) is 0 Å². The Morgan fingerprint density at radius 3 is 2.67 bits per heavy atom. The SMILES string of the molecule is CC(C)OCC(O)CNCCC(=O)N1CCCC1. The first-order chi connectivity index (χ1) is 8.59. The second-order valence-electron chi connectivity index (χ2n) is 5.08. The zero-order chi connectivity index (χ0) is 13.4. The number of carbonyl (C=O) groups is 1. The first kappa shape index (κ1) is 15.4. The lowest BCUT2D eigenvalue weighted by atomic mass is 10.3. The number of hydrogen-bond donors (Lipinski definition) is 2. The van der Waals surface area contributed by atoms with Crippen molar-refractivity contribution in [2.45, 2.75) is 45.3 Å². The Labute approximate surface area is 109 Å². The van der Waals surface area contributed by atoms with Gasteiger partial charge >= 0.3 is 0 Å². The van der Waals surface area contributed by atoms with Crippen LogP contribution in [0.5, 0.6) is 0 Å². The quantitative estimate of drug-likeness (QED) is 0.618. The topological polar surface area (TPSA) is 61.8 Å². The summed E-state index contributed by atoms with van der Waals surface area (Å²) in [4.78, 5) is 13.6. The highest BCUT2D eigenvalue weighted by molar-refractivity contribution is 5.76. The molecule has 0 radical (unpaired) electrons. The molecule has 0 aromatic carbocycles. The van der Waals surface area contributed by atoms with E-state index in [2.05, 4.69) is 5.32 Å². The van der Waals surface area contributed by atoms with E-state index in [0.29, 0.717) is 26.1 Å². The summed E-state index contributed by atoms with van der Waals surface area (Å²) in [6, 6.07) is 0. The normalized spacial score (nSPS) is 17.4. The Morgan fingerprint density at radius 1 is 1.39 bits per heavy atom. The van der Waals surface area contributed by atoms with Gasteiger partial charge in [-0.05, 0) is 26.7 Å². The van der Waals surface area contributed by atoms with E-state index in [-0.39, 0.29) is 12.0 Å². The van der Waals surface area contributed by atoms with E-state index >= 15 is 0 Å². The average molecular weight is 258 g/mol. The largest absolute Gasteiger partial charge is 0.389 e. The molecule has 1 saturated heterocycles. The third kappa shape index (κ3) is 6.33. The third-order valence-electron chi connectivity index (χ3n) is 2.98. The fourth-order valence-corrected chi connectivity index (χ4v) is 1.95. The van der Waals surface area contributed by atoms with Gasteiger partial charge < -0.3 is 20.1 Å². The summed E-state index contributed by atoms with van der Waals surface area (Å²) >= 11 is 0. The van der Waals surface area contributed by atoms with Crippen molar-refractivity contribution < 1.29 is 14.6 Å². The molecule has 2 N–H and O–H groups in total. The van der Waals surface area contributed by atoms with Gasteiger partial charge in [0.25, 0.3) is 0 Å². The van der Waals surface area contributed by atoms with Crippen LogP contribution in [-0.2, 0) is 9.53 Å². The van der Waals surface area contributed by atoms with Gasteiger partial charge in [0.05, 0.1) is 18.8 Å². The molecule has 1 aliphatic heterocycles. The molecule has 5 heteroatoms. The number of aliphatic hydroxyl groups is 1. The van der Waals surface area contributed by atoms with Gasteiger partial charge in [-0.1, -0.05) is 0 Å². The molecule has 0 spiro atoms. The molecule has 106 valence electrons. The lowest BCUT2D eigenvalue weighted by Crippen LogP contribution is -2.35. The Balaban J connectivity index is 1.98. The predicted molar refractivity (Wildman–Crippen MR) is 70.4 cm³/mol. The molecule has 5 nitrogen and oxygen atoms in total. The van der Waals surface area contributed by atoms with E-state index in [4.69, 9.17) is 4.74 Å². The van der Waals surface area contributed by atoms with Crippen LogP contribution in [0.2, 0.25) is 0 Å². The molecule has 0 aromatic rings. The Morgan fingerprint density at radius 2 is 2.06 bits per heavy atom. The highest BCUT2D eigenvalue weighted by Gasteiger charge is 2.17. The first-order valence-corrected chi connectivity index (χ1v) is 6.87. The molecule has 1 heterocycles. The van der Waals surface area contributed by atoms with E-state index in [1.807, 2.05) is 18.7 Å². The monoisotopic (exact) mass is 258 g/mol. The molecule has 1 unspecified atom stereocenters. The maximum atomic E-state index is 11.7. The maximum absolute atomic E-state index is 11.7. The van der Waals surface area contributed by atoms with Gasteiger partial charge in [0.2, 0.25) is 5.91 Å². The molecule has 1 fully saturated rings. The minimum Gasteiger partial charge on any atom is -0.389 e. The van der Waals surface area contributed by atoms with Crippen molar-refractivity contribution in [1.82, 2.24) is 10.2 Å². The number of nitrogens with one attached hydrogen (secondary N) is 1. The van der Waals surface area contributed by atoms with Crippen LogP contribution >= 0.6 is 0 Å². The maximum Gasteiger partial charge on any atom is 0.223 e. The van der Waals surface area contributed by atoms with E-state index in [1.54, 1.807) is 0 Å². The second kappa shape index (κ2) is 8.45. The molecule has 0 saturated carbocycles. The number of aliphatic hydroxyl groups excluding tert-OH is 1. The summed E-state index contributed by atoms with van der Waals surface area (Å²) in [6.07, 6.45) is 2.40. The molecule has 0 bridgehead atoms. The van der Waals surface area contributed by atoms with Crippen molar-refractivity contribution in [3.63, 3.8) is 0 Å². The van der Waals surface area contributed by atoms with Crippen molar-refractivity contribution in [2.75, 3.05) is 32.8 Å². The Hall–Kier alpha value is -0.650. The van der Waals surface area contributed by atoms with Gasteiger partial charge in [0.15, 0.2) is 0 Å². The lowest BCUT2D eigenvalue weighted by Gasteiger charge is -2.16. The van der Waals surface area contributed by atoms with Crippen molar-refractivity contribution >= 4 is 5.91 Å². The number of likely N-dealkylation sites (tertiary alicyclic amines) is 1. The Bertz CT molecular complexity index is 240. The fourth-order valence-electron chi connectivity index (χ4n) is 1.95. The standard InChI is InChI=1S/C13H26N2O3/c1-11(2)18-10-12(16)9-14-6-5-13(17)15-7-3-4-8-15/h11-12,14,16H,3-10H2,1-2H3. The number of nitrogens with zero attached hydrogens (tertiary/aromatic N) is 1. The molecule has 1 rings (SSSR count). The molecule has 0 aliphatic carbocycles. The van der Waals surface area contributed by atoms with Crippen LogP contribution in [0, 0.1) is 0 Å². The smallest absolute Gasteiger partial charge is 0.223 e. The fraction of sp³-hybridized carbons (Fsp3) is 0.923. The summed E-state index contributed by atoms with van der Waals surface area (Å²) in [7, 11) is 0. The molecule has 1 aliphatic rings. The number of rotatable bonds is 8.